The molecule has 0 N–H and O–H groups in total. The molecule has 3 aromatic rings. The van der Waals surface area contributed by atoms with E-state index in [0.717, 1.165) is 36.0 Å². The van der Waals surface area contributed by atoms with E-state index in [9.17, 15) is 0 Å². The SMILES string of the molecule is [C-]#[N+]CC(n1cc(-c2nc(Cl)cn3nccc23)cn1)C12CC([N+]#[C-])(C1)C2. The summed E-state index contributed by atoms with van der Waals surface area (Å²) in [6, 6.07) is 1.88. The predicted octanol–water partition coefficient (Wildman–Crippen LogP) is 3.55. The Morgan fingerprint density at radius 3 is 2.77 bits per heavy atom. The molecule has 3 aliphatic rings. The minimum atomic E-state index is -0.158. The van der Waals surface area contributed by atoms with Gasteiger partial charge in [-0.2, -0.15) is 10.2 Å². The van der Waals surface area contributed by atoms with Gasteiger partial charge in [-0.05, 0) is 6.07 Å². The number of rotatable bonds is 4. The van der Waals surface area contributed by atoms with Crippen molar-refractivity contribution in [3.63, 3.8) is 0 Å². The van der Waals surface area contributed by atoms with Crippen molar-refractivity contribution >= 4 is 17.1 Å². The zero-order valence-electron chi connectivity index (χ0n) is 13.8. The summed E-state index contributed by atoms with van der Waals surface area (Å²) in [6.07, 6.45) is 9.70. The molecule has 128 valence electrons. The zero-order chi connectivity index (χ0) is 17.9. The summed E-state index contributed by atoms with van der Waals surface area (Å²) < 4.78 is 3.58. The van der Waals surface area contributed by atoms with Gasteiger partial charge in [0.25, 0.3) is 0 Å². The van der Waals surface area contributed by atoms with Gasteiger partial charge in [0.15, 0.2) is 0 Å². The highest BCUT2D eigenvalue weighted by atomic mass is 35.5. The van der Waals surface area contributed by atoms with Crippen LogP contribution in [0.1, 0.15) is 25.3 Å². The van der Waals surface area contributed by atoms with E-state index in [4.69, 9.17) is 24.7 Å². The summed E-state index contributed by atoms with van der Waals surface area (Å²) in [7, 11) is 0. The van der Waals surface area contributed by atoms with E-state index in [2.05, 4.69) is 24.9 Å². The Morgan fingerprint density at radius 1 is 1.23 bits per heavy atom. The van der Waals surface area contributed by atoms with Crippen molar-refractivity contribution in [2.24, 2.45) is 5.41 Å². The average molecular weight is 364 g/mol. The second kappa shape index (κ2) is 5.06. The Labute approximate surface area is 154 Å². The quantitative estimate of drug-likeness (QED) is 0.666. The summed E-state index contributed by atoms with van der Waals surface area (Å²) in [5.74, 6) is 0. The fourth-order valence-electron chi connectivity index (χ4n) is 4.67. The molecule has 8 heteroatoms. The Bertz CT molecular complexity index is 1090. The van der Waals surface area contributed by atoms with Crippen LogP contribution in [0.25, 0.3) is 26.5 Å². The van der Waals surface area contributed by atoms with E-state index in [0.29, 0.717) is 11.7 Å². The molecule has 3 heterocycles. The van der Waals surface area contributed by atoms with Crippen LogP contribution < -0.4 is 0 Å². The summed E-state index contributed by atoms with van der Waals surface area (Å²) in [4.78, 5) is 11.8. The number of fused-ring (bicyclic) bond motifs is 1. The minimum absolute atomic E-state index is 0.00232. The van der Waals surface area contributed by atoms with Crippen molar-refractivity contribution in [2.45, 2.75) is 30.8 Å². The Hall–Kier alpha value is -2.90. The monoisotopic (exact) mass is 363 g/mol. The number of hydrogen-bond donors (Lipinski definition) is 0. The van der Waals surface area contributed by atoms with Gasteiger partial charge >= 0.3 is 0 Å². The Kier molecular flexibility index (Phi) is 2.99. The molecule has 2 bridgehead atoms. The molecule has 7 nitrogen and oxygen atoms in total. The molecule has 3 aromatic heterocycles. The van der Waals surface area contributed by atoms with Crippen LogP contribution in [0.15, 0.2) is 30.9 Å². The second-order valence-electron chi connectivity index (χ2n) is 7.37. The van der Waals surface area contributed by atoms with Gasteiger partial charge in [0, 0.05) is 36.4 Å². The van der Waals surface area contributed by atoms with Crippen LogP contribution >= 0.6 is 11.6 Å². The van der Waals surface area contributed by atoms with E-state index >= 15 is 0 Å². The molecule has 3 fully saturated rings. The summed E-state index contributed by atoms with van der Waals surface area (Å²) in [5, 5.41) is 9.12. The first kappa shape index (κ1) is 15.4. The van der Waals surface area contributed by atoms with Gasteiger partial charge in [-0.1, -0.05) is 11.6 Å². The highest BCUT2D eigenvalue weighted by molar-refractivity contribution is 6.29. The molecule has 1 atom stereocenters. The molecule has 0 aromatic carbocycles. The van der Waals surface area contributed by atoms with E-state index in [1.165, 1.54) is 0 Å². The van der Waals surface area contributed by atoms with Crippen LogP contribution in [0.4, 0.5) is 0 Å². The molecule has 0 saturated heterocycles. The van der Waals surface area contributed by atoms with E-state index in [1.807, 2.05) is 16.9 Å². The van der Waals surface area contributed by atoms with Crippen molar-refractivity contribution < 1.29 is 0 Å². The Morgan fingerprint density at radius 2 is 2.04 bits per heavy atom. The Balaban J connectivity index is 1.52. The normalized spacial score (nSPS) is 27.2. The molecule has 6 rings (SSSR count). The van der Waals surface area contributed by atoms with E-state index in [1.54, 1.807) is 23.1 Å². The largest absolute Gasteiger partial charge is 0.315 e. The van der Waals surface area contributed by atoms with Crippen LogP contribution in [0.5, 0.6) is 0 Å². The maximum absolute atomic E-state index is 7.34. The molecule has 0 amide bonds. The molecule has 1 unspecified atom stereocenters. The summed E-state index contributed by atoms with van der Waals surface area (Å²) >= 11 is 6.12. The molecule has 0 aliphatic heterocycles. The van der Waals surface area contributed by atoms with E-state index in [-0.39, 0.29) is 17.0 Å². The molecule has 3 saturated carbocycles. The van der Waals surface area contributed by atoms with Gasteiger partial charge in [0.1, 0.15) is 16.9 Å². The molecule has 3 aliphatic carbocycles. The third kappa shape index (κ3) is 1.95. The van der Waals surface area contributed by atoms with Crippen LogP contribution in [-0.2, 0) is 0 Å². The number of nitrogens with zero attached hydrogens (tertiary/aromatic N) is 7. The van der Waals surface area contributed by atoms with Crippen molar-refractivity contribution in [1.82, 2.24) is 24.4 Å². The molecule has 0 radical (unpaired) electrons. The summed E-state index contributed by atoms with van der Waals surface area (Å²) in [5.41, 5.74) is 2.31. The first-order chi connectivity index (χ1) is 12.6. The topological polar surface area (TPSA) is 56.7 Å². The smallest absolute Gasteiger partial charge is 0.237 e. The zero-order valence-corrected chi connectivity index (χ0v) is 14.6. The van der Waals surface area contributed by atoms with Crippen LogP contribution in [0.3, 0.4) is 0 Å². The second-order valence-corrected chi connectivity index (χ2v) is 7.75. The lowest BCUT2D eigenvalue weighted by Crippen LogP contribution is -2.68. The first-order valence-electron chi connectivity index (χ1n) is 8.34. The first-order valence-corrected chi connectivity index (χ1v) is 8.72. The van der Waals surface area contributed by atoms with Gasteiger partial charge in [0.05, 0.1) is 24.1 Å². The molecular formula is C18H14ClN7. The predicted molar refractivity (Wildman–Crippen MR) is 95.3 cm³/mol. The van der Waals surface area contributed by atoms with Crippen LogP contribution in [0, 0.1) is 18.6 Å². The lowest BCUT2D eigenvalue weighted by atomic mass is 9.37. The van der Waals surface area contributed by atoms with Gasteiger partial charge in [-0.25, -0.2) is 22.6 Å². The summed E-state index contributed by atoms with van der Waals surface area (Å²) in [6.45, 7) is 15.1. The maximum Gasteiger partial charge on any atom is 0.237 e. The highest BCUT2D eigenvalue weighted by Crippen LogP contribution is 2.73. The third-order valence-corrected chi connectivity index (χ3v) is 5.99. The molecule has 0 spiro atoms. The number of hydrogen-bond acceptors (Lipinski definition) is 3. The standard InChI is InChI=1S/C18H14ClN7/c1-20-6-14(17-9-18(10-17,11-17)21-2)26-7-12(5-23-26)16-13-3-4-22-25(13)8-15(19)24-16/h3-5,7-8,14H,6,9-11H2. The van der Waals surface area contributed by atoms with Crippen molar-refractivity contribution in [2.75, 3.05) is 6.54 Å². The lowest BCUT2D eigenvalue weighted by Gasteiger charge is -2.63. The fourth-order valence-corrected chi connectivity index (χ4v) is 4.85. The number of aromatic nitrogens is 5. The van der Waals surface area contributed by atoms with Gasteiger partial charge in [0.2, 0.25) is 12.1 Å². The van der Waals surface area contributed by atoms with Crippen molar-refractivity contribution in [3.05, 3.63) is 58.8 Å². The van der Waals surface area contributed by atoms with Crippen molar-refractivity contribution in [1.29, 1.82) is 0 Å². The lowest BCUT2D eigenvalue weighted by molar-refractivity contribution is -0.142. The molecular weight excluding hydrogens is 350 g/mol. The van der Waals surface area contributed by atoms with Crippen LogP contribution in [-0.4, -0.2) is 36.5 Å². The van der Waals surface area contributed by atoms with Crippen LogP contribution in [0.2, 0.25) is 5.15 Å². The number of halogens is 1. The molecule has 26 heavy (non-hydrogen) atoms. The fraction of sp³-hybridized carbons (Fsp3) is 0.389. The third-order valence-electron chi connectivity index (χ3n) is 5.81. The van der Waals surface area contributed by atoms with E-state index < -0.39 is 0 Å². The van der Waals surface area contributed by atoms with Crippen molar-refractivity contribution in [3.8, 4) is 11.3 Å². The maximum atomic E-state index is 7.34. The minimum Gasteiger partial charge on any atom is -0.315 e. The van der Waals surface area contributed by atoms with Gasteiger partial charge in [-0.3, -0.25) is 4.68 Å². The van der Waals surface area contributed by atoms with Gasteiger partial charge in [-0.15, -0.1) is 0 Å². The highest BCUT2D eigenvalue weighted by Gasteiger charge is 2.78. The average Bonchev–Trinajstić information content (AvgIpc) is 3.20. The van der Waals surface area contributed by atoms with Gasteiger partial charge < -0.3 is 9.69 Å².